The molecule has 0 unspecified atom stereocenters. The Kier molecular flexibility index (Phi) is 3.99. The third kappa shape index (κ3) is 2.94. The Labute approximate surface area is 115 Å². The number of anilines is 1. The van der Waals surface area contributed by atoms with Crippen LogP contribution >= 0.6 is 0 Å². The summed E-state index contributed by atoms with van der Waals surface area (Å²) in [5, 5.41) is 10.0. The number of rotatable bonds is 4. The van der Waals surface area contributed by atoms with Crippen molar-refractivity contribution in [3.8, 4) is 17.4 Å². The molecule has 0 atom stereocenters. The molecule has 0 bridgehead atoms. The van der Waals surface area contributed by atoms with E-state index in [2.05, 4.69) is 15.5 Å². The molecular formula is C13H14N4O3. The van der Waals surface area contributed by atoms with Crippen LogP contribution in [0.25, 0.3) is 0 Å². The number of hydrogen-bond acceptors (Lipinski definition) is 6. The van der Waals surface area contributed by atoms with Crippen LogP contribution in [0.4, 0.5) is 5.69 Å². The lowest BCUT2D eigenvalue weighted by atomic mass is 10.3. The van der Waals surface area contributed by atoms with Crippen LogP contribution in [0.5, 0.6) is 17.4 Å². The molecule has 3 N–H and O–H groups in total. The van der Waals surface area contributed by atoms with Crippen molar-refractivity contribution in [2.75, 3.05) is 19.9 Å². The van der Waals surface area contributed by atoms with E-state index in [0.29, 0.717) is 17.2 Å². The molecule has 2 rings (SSSR count). The second-order valence-corrected chi connectivity index (χ2v) is 3.85. The highest BCUT2D eigenvalue weighted by atomic mass is 16.5. The van der Waals surface area contributed by atoms with Gasteiger partial charge in [-0.1, -0.05) is 0 Å². The fourth-order valence-electron chi connectivity index (χ4n) is 1.51. The monoisotopic (exact) mass is 274 g/mol. The zero-order chi connectivity index (χ0) is 14.5. The molecule has 1 amide bonds. The van der Waals surface area contributed by atoms with Crippen LogP contribution in [0.2, 0.25) is 0 Å². The molecule has 0 saturated heterocycles. The number of nitrogens with zero attached hydrogens (tertiary/aromatic N) is 2. The van der Waals surface area contributed by atoms with Crippen molar-refractivity contribution >= 4 is 11.6 Å². The van der Waals surface area contributed by atoms with Gasteiger partial charge in [0, 0.05) is 24.9 Å². The number of nitrogens with two attached hydrogens (primary N) is 1. The highest BCUT2D eigenvalue weighted by Gasteiger charge is 2.09. The Morgan fingerprint density at radius 2 is 2.00 bits per heavy atom. The average Bonchev–Trinajstić information content (AvgIpc) is 2.47. The second-order valence-electron chi connectivity index (χ2n) is 3.85. The van der Waals surface area contributed by atoms with Crippen LogP contribution in [0.15, 0.2) is 30.3 Å². The molecule has 2 aromatic rings. The molecule has 0 spiro atoms. The van der Waals surface area contributed by atoms with Gasteiger partial charge in [-0.25, -0.2) is 0 Å². The van der Waals surface area contributed by atoms with Crippen LogP contribution in [-0.2, 0) is 0 Å². The van der Waals surface area contributed by atoms with Crippen molar-refractivity contribution in [1.29, 1.82) is 0 Å². The Morgan fingerprint density at radius 3 is 2.60 bits per heavy atom. The summed E-state index contributed by atoms with van der Waals surface area (Å²) in [5.74, 6) is 0.873. The van der Waals surface area contributed by atoms with Crippen LogP contribution in [0.3, 0.4) is 0 Å². The molecule has 0 aliphatic rings. The fraction of sp³-hybridized carbons (Fsp3) is 0.154. The molecule has 7 heteroatoms. The third-order valence-electron chi connectivity index (χ3n) is 2.50. The second kappa shape index (κ2) is 5.87. The quantitative estimate of drug-likeness (QED) is 0.813. The van der Waals surface area contributed by atoms with Crippen molar-refractivity contribution in [2.45, 2.75) is 0 Å². The molecular weight excluding hydrogens is 260 g/mol. The lowest BCUT2D eigenvalue weighted by Crippen LogP contribution is -2.19. The minimum absolute atomic E-state index is 0.208. The molecule has 0 saturated carbocycles. The van der Waals surface area contributed by atoms with E-state index in [0.717, 1.165) is 0 Å². The van der Waals surface area contributed by atoms with Crippen LogP contribution < -0.4 is 20.5 Å². The normalized spacial score (nSPS) is 9.90. The number of carbonyl (C=O) groups is 1. The summed E-state index contributed by atoms with van der Waals surface area (Å²) in [6, 6.07) is 8.07. The molecule has 0 radical (unpaired) electrons. The highest BCUT2D eigenvalue weighted by Crippen LogP contribution is 2.32. The SMILES string of the molecule is CNC(=O)c1ccc(Oc2cc(N)ccc2OC)nn1. The summed E-state index contributed by atoms with van der Waals surface area (Å²) in [6.45, 7) is 0. The van der Waals surface area contributed by atoms with E-state index in [9.17, 15) is 4.79 Å². The van der Waals surface area contributed by atoms with Gasteiger partial charge in [0.05, 0.1) is 7.11 Å². The molecule has 1 heterocycles. The number of methoxy groups -OCH3 is 1. The number of nitrogens with one attached hydrogen (secondary N) is 1. The zero-order valence-corrected chi connectivity index (χ0v) is 11.1. The lowest BCUT2D eigenvalue weighted by molar-refractivity contribution is 0.0957. The molecule has 1 aromatic heterocycles. The summed E-state index contributed by atoms with van der Waals surface area (Å²) in [6.07, 6.45) is 0. The summed E-state index contributed by atoms with van der Waals surface area (Å²) >= 11 is 0. The van der Waals surface area contributed by atoms with Crippen molar-refractivity contribution in [2.24, 2.45) is 0 Å². The highest BCUT2D eigenvalue weighted by molar-refractivity contribution is 5.91. The standard InChI is InChI=1S/C13H14N4O3/c1-15-13(18)9-4-6-12(17-16-9)20-11-7-8(14)3-5-10(11)19-2/h3-7H,14H2,1-2H3,(H,15,18). The largest absolute Gasteiger partial charge is 0.493 e. The van der Waals surface area contributed by atoms with Gasteiger partial charge in [0.1, 0.15) is 0 Å². The van der Waals surface area contributed by atoms with Gasteiger partial charge in [0.2, 0.25) is 5.88 Å². The average molecular weight is 274 g/mol. The first-order valence-corrected chi connectivity index (χ1v) is 5.81. The molecule has 7 nitrogen and oxygen atoms in total. The van der Waals surface area contributed by atoms with Gasteiger partial charge >= 0.3 is 0 Å². The minimum Gasteiger partial charge on any atom is -0.493 e. The summed E-state index contributed by atoms with van der Waals surface area (Å²) < 4.78 is 10.7. The number of carbonyl (C=O) groups excluding carboxylic acids is 1. The number of hydrogen-bond donors (Lipinski definition) is 2. The first kappa shape index (κ1) is 13.6. The summed E-state index contributed by atoms with van der Waals surface area (Å²) in [5.41, 5.74) is 6.44. The van der Waals surface area contributed by atoms with E-state index in [1.54, 1.807) is 24.3 Å². The van der Waals surface area contributed by atoms with Crippen LogP contribution in [0, 0.1) is 0 Å². The predicted octanol–water partition coefficient (Wildman–Crippen LogP) is 1.22. The Morgan fingerprint density at radius 1 is 1.20 bits per heavy atom. The van der Waals surface area contributed by atoms with Crippen LogP contribution in [-0.4, -0.2) is 30.3 Å². The number of amides is 1. The molecule has 0 fully saturated rings. The molecule has 104 valence electrons. The Balaban J connectivity index is 2.22. The number of nitrogen functional groups attached to an aromatic ring is 1. The zero-order valence-electron chi connectivity index (χ0n) is 11.1. The van der Waals surface area contributed by atoms with Crippen molar-refractivity contribution < 1.29 is 14.3 Å². The smallest absolute Gasteiger partial charge is 0.271 e. The van der Waals surface area contributed by atoms with Gasteiger partial charge in [0.25, 0.3) is 5.91 Å². The van der Waals surface area contributed by atoms with E-state index in [1.165, 1.54) is 20.2 Å². The Bertz CT molecular complexity index is 614. The van der Waals surface area contributed by atoms with Crippen LogP contribution in [0.1, 0.15) is 10.5 Å². The van der Waals surface area contributed by atoms with E-state index < -0.39 is 0 Å². The van der Waals surface area contributed by atoms with Crippen molar-refractivity contribution in [3.05, 3.63) is 36.0 Å². The maximum absolute atomic E-state index is 11.3. The minimum atomic E-state index is -0.314. The van der Waals surface area contributed by atoms with E-state index >= 15 is 0 Å². The number of ether oxygens (including phenoxy) is 2. The summed E-state index contributed by atoms with van der Waals surface area (Å²) in [4.78, 5) is 11.3. The molecule has 20 heavy (non-hydrogen) atoms. The Hall–Kier alpha value is -2.83. The summed E-state index contributed by atoms with van der Waals surface area (Å²) in [7, 11) is 3.05. The maximum atomic E-state index is 11.3. The number of benzene rings is 1. The van der Waals surface area contributed by atoms with E-state index in [1.807, 2.05) is 0 Å². The van der Waals surface area contributed by atoms with Gasteiger partial charge in [-0.05, 0) is 18.2 Å². The maximum Gasteiger partial charge on any atom is 0.271 e. The topological polar surface area (TPSA) is 99.4 Å². The van der Waals surface area contributed by atoms with Gasteiger partial charge < -0.3 is 20.5 Å². The number of aromatic nitrogens is 2. The molecule has 0 aliphatic heterocycles. The van der Waals surface area contributed by atoms with Crippen molar-refractivity contribution in [1.82, 2.24) is 15.5 Å². The van der Waals surface area contributed by atoms with Gasteiger partial charge in [-0.3, -0.25) is 4.79 Å². The van der Waals surface area contributed by atoms with Gasteiger partial charge in [-0.15, -0.1) is 10.2 Å². The first-order valence-electron chi connectivity index (χ1n) is 5.81. The molecule has 0 aliphatic carbocycles. The van der Waals surface area contributed by atoms with Gasteiger partial charge in [0.15, 0.2) is 17.2 Å². The lowest BCUT2D eigenvalue weighted by Gasteiger charge is -2.09. The fourth-order valence-corrected chi connectivity index (χ4v) is 1.51. The molecule has 1 aromatic carbocycles. The van der Waals surface area contributed by atoms with Gasteiger partial charge in [-0.2, -0.15) is 0 Å². The predicted molar refractivity (Wildman–Crippen MR) is 72.9 cm³/mol. The van der Waals surface area contributed by atoms with Crippen molar-refractivity contribution in [3.63, 3.8) is 0 Å². The first-order chi connectivity index (χ1) is 9.63. The van der Waals surface area contributed by atoms with E-state index in [4.69, 9.17) is 15.2 Å². The third-order valence-corrected chi connectivity index (χ3v) is 2.50. The van der Waals surface area contributed by atoms with E-state index in [-0.39, 0.29) is 17.5 Å².